The molecule has 19 heavy (non-hydrogen) atoms. The van der Waals surface area contributed by atoms with Crippen LogP contribution in [0.4, 0.5) is 0 Å². The first kappa shape index (κ1) is 13.6. The second-order valence-corrected chi connectivity index (χ2v) is 4.75. The molecule has 2 aromatic carbocycles. The van der Waals surface area contributed by atoms with E-state index in [0.717, 1.165) is 11.1 Å². The molecule has 0 aliphatic heterocycles. The van der Waals surface area contributed by atoms with Crippen LogP contribution in [0.3, 0.4) is 0 Å². The molecule has 1 unspecified atom stereocenters. The van der Waals surface area contributed by atoms with Gasteiger partial charge in [-0.25, -0.2) is 0 Å². The number of alkyl halides is 1. The van der Waals surface area contributed by atoms with Gasteiger partial charge in [-0.1, -0.05) is 78.9 Å². The van der Waals surface area contributed by atoms with E-state index in [9.17, 15) is 0 Å². The Hall–Kier alpha value is -1.79. The van der Waals surface area contributed by atoms with Crippen LogP contribution in [-0.4, -0.2) is 5.38 Å². The van der Waals surface area contributed by atoms with Crippen molar-refractivity contribution in [3.63, 3.8) is 0 Å². The SMILES string of the molecule is CC=C(c1ccccc1)C(Cl)C=Cc1ccccc1. The molecule has 2 rings (SSSR count). The summed E-state index contributed by atoms with van der Waals surface area (Å²) in [4.78, 5) is 0. The molecule has 0 aliphatic carbocycles. The van der Waals surface area contributed by atoms with Crippen LogP contribution in [0.5, 0.6) is 0 Å². The number of halogens is 1. The van der Waals surface area contributed by atoms with Crippen molar-refractivity contribution < 1.29 is 0 Å². The van der Waals surface area contributed by atoms with E-state index in [1.165, 1.54) is 5.56 Å². The summed E-state index contributed by atoms with van der Waals surface area (Å²) >= 11 is 6.48. The van der Waals surface area contributed by atoms with Crippen LogP contribution in [0, 0.1) is 0 Å². The Bertz CT molecular complexity index is 553. The molecule has 2 aromatic rings. The molecule has 0 amide bonds. The van der Waals surface area contributed by atoms with Crippen LogP contribution in [0.25, 0.3) is 11.6 Å². The minimum absolute atomic E-state index is 0.118. The topological polar surface area (TPSA) is 0 Å². The summed E-state index contributed by atoms with van der Waals surface area (Å²) in [5.41, 5.74) is 3.47. The van der Waals surface area contributed by atoms with Crippen LogP contribution < -0.4 is 0 Å². The maximum Gasteiger partial charge on any atom is 0.0772 e. The zero-order chi connectivity index (χ0) is 13.5. The highest BCUT2D eigenvalue weighted by Gasteiger charge is 2.08. The Kier molecular flexibility index (Phi) is 5.00. The van der Waals surface area contributed by atoms with Crippen LogP contribution in [0.2, 0.25) is 0 Å². The van der Waals surface area contributed by atoms with E-state index in [-0.39, 0.29) is 5.38 Å². The van der Waals surface area contributed by atoms with Crippen LogP contribution in [-0.2, 0) is 0 Å². The largest absolute Gasteiger partial charge is 0.113 e. The molecule has 0 saturated carbocycles. The lowest BCUT2D eigenvalue weighted by atomic mass is 10.0. The van der Waals surface area contributed by atoms with Crippen LogP contribution >= 0.6 is 11.6 Å². The minimum Gasteiger partial charge on any atom is -0.113 e. The molecule has 0 nitrogen and oxygen atoms in total. The average molecular weight is 269 g/mol. The van der Waals surface area contributed by atoms with Crippen molar-refractivity contribution in [2.24, 2.45) is 0 Å². The van der Waals surface area contributed by atoms with Gasteiger partial charge in [-0.3, -0.25) is 0 Å². The van der Waals surface area contributed by atoms with E-state index in [1.54, 1.807) is 0 Å². The molecule has 0 fully saturated rings. The van der Waals surface area contributed by atoms with Gasteiger partial charge in [0.2, 0.25) is 0 Å². The molecule has 0 aliphatic rings. The number of hydrogen-bond acceptors (Lipinski definition) is 0. The van der Waals surface area contributed by atoms with Crippen LogP contribution in [0.1, 0.15) is 18.1 Å². The molecule has 1 heteroatoms. The minimum atomic E-state index is -0.118. The van der Waals surface area contributed by atoms with E-state index in [4.69, 9.17) is 11.6 Å². The van der Waals surface area contributed by atoms with Crippen molar-refractivity contribution in [3.05, 3.63) is 83.9 Å². The van der Waals surface area contributed by atoms with Crippen LogP contribution in [0.15, 0.2) is 72.8 Å². The van der Waals surface area contributed by atoms with Crippen molar-refractivity contribution in [2.45, 2.75) is 12.3 Å². The van der Waals surface area contributed by atoms with E-state index in [0.29, 0.717) is 0 Å². The molecule has 0 spiro atoms. The molecule has 0 heterocycles. The van der Waals surface area contributed by atoms with E-state index in [2.05, 4.69) is 36.4 Å². The van der Waals surface area contributed by atoms with Crippen molar-refractivity contribution in [3.8, 4) is 0 Å². The predicted octanol–water partition coefficient (Wildman–Crippen LogP) is 5.41. The Labute approximate surface area is 120 Å². The molecule has 0 saturated heterocycles. The normalized spacial score (nSPS) is 13.7. The smallest absolute Gasteiger partial charge is 0.0772 e. The van der Waals surface area contributed by atoms with E-state index < -0.39 is 0 Å². The molecule has 96 valence electrons. The summed E-state index contributed by atoms with van der Waals surface area (Å²) in [6, 6.07) is 20.4. The number of rotatable bonds is 4. The van der Waals surface area contributed by atoms with Crippen molar-refractivity contribution in [2.75, 3.05) is 0 Å². The van der Waals surface area contributed by atoms with Gasteiger partial charge in [0.15, 0.2) is 0 Å². The highest BCUT2D eigenvalue weighted by Crippen LogP contribution is 2.24. The van der Waals surface area contributed by atoms with Gasteiger partial charge in [0.05, 0.1) is 5.38 Å². The van der Waals surface area contributed by atoms with Crippen molar-refractivity contribution >= 4 is 23.3 Å². The molecule has 0 radical (unpaired) electrons. The fourth-order valence-electron chi connectivity index (χ4n) is 1.98. The van der Waals surface area contributed by atoms with Gasteiger partial charge in [-0.15, -0.1) is 11.6 Å². The zero-order valence-corrected chi connectivity index (χ0v) is 11.7. The molecular weight excluding hydrogens is 252 g/mol. The lowest BCUT2D eigenvalue weighted by Gasteiger charge is -2.10. The molecule has 0 N–H and O–H groups in total. The fraction of sp³-hybridized carbons (Fsp3) is 0.111. The van der Waals surface area contributed by atoms with E-state index >= 15 is 0 Å². The van der Waals surface area contributed by atoms with Gasteiger partial charge in [-0.2, -0.15) is 0 Å². The predicted molar refractivity (Wildman–Crippen MR) is 85.2 cm³/mol. The summed E-state index contributed by atoms with van der Waals surface area (Å²) in [6.07, 6.45) is 6.16. The average Bonchev–Trinajstić information content (AvgIpc) is 2.48. The molecule has 1 atom stereocenters. The van der Waals surface area contributed by atoms with E-state index in [1.807, 2.05) is 49.4 Å². The third kappa shape index (κ3) is 3.84. The van der Waals surface area contributed by atoms with Gasteiger partial charge < -0.3 is 0 Å². The zero-order valence-electron chi connectivity index (χ0n) is 11.0. The molecule has 0 bridgehead atoms. The standard InChI is InChI=1S/C18H17Cl/c1-2-17(16-11-7-4-8-12-16)18(19)14-13-15-9-5-3-6-10-15/h2-14,18H,1H3. The Morgan fingerprint density at radius 3 is 2.11 bits per heavy atom. The number of hydrogen-bond donors (Lipinski definition) is 0. The highest BCUT2D eigenvalue weighted by atomic mass is 35.5. The lowest BCUT2D eigenvalue weighted by Crippen LogP contribution is -1.98. The third-order valence-corrected chi connectivity index (χ3v) is 3.35. The second kappa shape index (κ2) is 6.96. The number of benzene rings is 2. The first-order chi connectivity index (χ1) is 9.31. The first-order valence-electron chi connectivity index (χ1n) is 6.40. The maximum atomic E-state index is 6.48. The maximum absolute atomic E-state index is 6.48. The van der Waals surface area contributed by atoms with Gasteiger partial charge in [0, 0.05) is 0 Å². The Morgan fingerprint density at radius 1 is 0.947 bits per heavy atom. The Balaban J connectivity index is 2.15. The van der Waals surface area contributed by atoms with Crippen molar-refractivity contribution in [1.29, 1.82) is 0 Å². The number of allylic oxidation sites excluding steroid dienone is 3. The van der Waals surface area contributed by atoms with Crippen molar-refractivity contribution in [1.82, 2.24) is 0 Å². The summed E-state index contributed by atoms with van der Waals surface area (Å²) in [5, 5.41) is -0.118. The summed E-state index contributed by atoms with van der Waals surface area (Å²) in [6.45, 7) is 2.02. The van der Waals surface area contributed by atoms with Gasteiger partial charge in [0.25, 0.3) is 0 Å². The highest BCUT2D eigenvalue weighted by molar-refractivity contribution is 6.28. The lowest BCUT2D eigenvalue weighted by molar-refractivity contribution is 1.39. The van der Waals surface area contributed by atoms with Gasteiger partial charge >= 0.3 is 0 Å². The molecule has 0 aromatic heterocycles. The fourth-order valence-corrected chi connectivity index (χ4v) is 2.30. The second-order valence-electron chi connectivity index (χ2n) is 4.28. The molecular formula is C18H17Cl. The third-order valence-electron chi connectivity index (χ3n) is 2.97. The van der Waals surface area contributed by atoms with Gasteiger partial charge in [0.1, 0.15) is 0 Å². The summed E-state index contributed by atoms with van der Waals surface area (Å²) in [5.74, 6) is 0. The Morgan fingerprint density at radius 2 is 1.53 bits per heavy atom. The quantitative estimate of drug-likeness (QED) is 0.650. The monoisotopic (exact) mass is 268 g/mol. The first-order valence-corrected chi connectivity index (χ1v) is 6.84. The summed E-state index contributed by atoms with van der Waals surface area (Å²) in [7, 11) is 0. The summed E-state index contributed by atoms with van der Waals surface area (Å²) < 4.78 is 0. The van der Waals surface area contributed by atoms with Gasteiger partial charge in [-0.05, 0) is 23.6 Å².